The lowest BCUT2D eigenvalue weighted by Gasteiger charge is -2.33. The average molecular weight is 351 g/mol. The zero-order valence-electron chi connectivity index (χ0n) is 14.6. The van der Waals surface area contributed by atoms with Gasteiger partial charge in [-0.2, -0.15) is 5.26 Å². The van der Waals surface area contributed by atoms with Gasteiger partial charge >= 0.3 is 0 Å². The monoisotopic (exact) mass is 351 g/mol. The van der Waals surface area contributed by atoms with E-state index in [9.17, 15) is 10.1 Å². The van der Waals surface area contributed by atoms with Crippen molar-refractivity contribution in [1.82, 2.24) is 15.5 Å². The van der Waals surface area contributed by atoms with Crippen LogP contribution < -0.4 is 10.2 Å². The molecule has 0 saturated carbocycles. The molecule has 1 aliphatic carbocycles. The van der Waals surface area contributed by atoms with E-state index in [4.69, 9.17) is 4.52 Å². The van der Waals surface area contributed by atoms with Crippen LogP contribution >= 0.6 is 0 Å². The lowest BCUT2D eigenvalue weighted by atomic mass is 9.95. The first-order valence-electron chi connectivity index (χ1n) is 9.14. The van der Waals surface area contributed by atoms with Crippen LogP contribution in [0, 0.1) is 11.3 Å². The quantitative estimate of drug-likeness (QED) is 0.911. The first kappa shape index (κ1) is 16.6. The van der Waals surface area contributed by atoms with Crippen LogP contribution in [0.1, 0.15) is 53.1 Å². The number of fused-ring (bicyclic) bond motifs is 1. The molecule has 2 aromatic heterocycles. The van der Waals surface area contributed by atoms with Crippen LogP contribution in [0.5, 0.6) is 0 Å². The first-order chi connectivity index (χ1) is 12.8. The van der Waals surface area contributed by atoms with Crippen LogP contribution in [-0.2, 0) is 12.8 Å². The van der Waals surface area contributed by atoms with Gasteiger partial charge in [0.05, 0.1) is 11.3 Å². The number of anilines is 1. The van der Waals surface area contributed by atoms with Crippen molar-refractivity contribution >= 4 is 11.7 Å². The Morgan fingerprint density at radius 2 is 2.12 bits per heavy atom. The van der Waals surface area contributed by atoms with E-state index < -0.39 is 0 Å². The molecule has 0 spiro atoms. The number of pyridine rings is 1. The van der Waals surface area contributed by atoms with Crippen molar-refractivity contribution in [3.63, 3.8) is 0 Å². The summed E-state index contributed by atoms with van der Waals surface area (Å²) >= 11 is 0. The van der Waals surface area contributed by atoms with Crippen LogP contribution in [0.3, 0.4) is 0 Å². The Morgan fingerprint density at radius 3 is 2.92 bits per heavy atom. The largest absolute Gasteiger partial charge is 0.355 e. The molecule has 0 bridgehead atoms. The van der Waals surface area contributed by atoms with E-state index in [1.807, 2.05) is 0 Å². The van der Waals surface area contributed by atoms with Gasteiger partial charge in [0, 0.05) is 30.9 Å². The molecule has 4 rings (SSSR count). The summed E-state index contributed by atoms with van der Waals surface area (Å²) in [5.74, 6) is 0.956. The van der Waals surface area contributed by atoms with Crippen molar-refractivity contribution in [2.45, 2.75) is 44.6 Å². The minimum atomic E-state index is -0.158. The average Bonchev–Trinajstić information content (AvgIpc) is 3.13. The standard InChI is InChI=1S/C19H21N5O2/c20-12-13-4-3-9-21-18(13)24-10-7-14(8-11-24)22-19(25)17-15-5-1-2-6-16(15)23-26-17/h3-4,9,14H,1-2,5-8,10-11H2,(H,22,25). The summed E-state index contributed by atoms with van der Waals surface area (Å²) < 4.78 is 5.32. The number of hydrogen-bond donors (Lipinski definition) is 1. The third-order valence-corrected chi connectivity index (χ3v) is 5.20. The molecule has 1 aliphatic heterocycles. The van der Waals surface area contributed by atoms with Gasteiger partial charge in [0.2, 0.25) is 5.76 Å². The first-order valence-corrected chi connectivity index (χ1v) is 9.14. The Bertz CT molecular complexity index is 846. The van der Waals surface area contributed by atoms with Gasteiger partial charge < -0.3 is 14.7 Å². The number of aryl methyl sites for hydroxylation is 1. The maximum Gasteiger partial charge on any atom is 0.290 e. The Morgan fingerprint density at radius 1 is 1.31 bits per heavy atom. The number of nitrogens with zero attached hydrogens (tertiary/aromatic N) is 4. The summed E-state index contributed by atoms with van der Waals surface area (Å²) in [4.78, 5) is 19.0. The fourth-order valence-corrected chi connectivity index (χ4v) is 3.79. The third kappa shape index (κ3) is 3.15. The van der Waals surface area contributed by atoms with Gasteiger partial charge in [-0.3, -0.25) is 4.79 Å². The predicted molar refractivity (Wildman–Crippen MR) is 94.8 cm³/mol. The van der Waals surface area contributed by atoms with Crippen molar-refractivity contribution in [3.05, 3.63) is 40.9 Å². The Balaban J connectivity index is 1.38. The van der Waals surface area contributed by atoms with Gasteiger partial charge in [0.15, 0.2) is 0 Å². The fourth-order valence-electron chi connectivity index (χ4n) is 3.79. The molecule has 7 nitrogen and oxygen atoms in total. The Hall–Kier alpha value is -2.88. The summed E-state index contributed by atoms with van der Waals surface area (Å²) in [6.07, 6.45) is 7.28. The lowest BCUT2D eigenvalue weighted by molar-refractivity contribution is 0.0892. The van der Waals surface area contributed by atoms with Crippen molar-refractivity contribution in [1.29, 1.82) is 5.26 Å². The molecular formula is C19H21N5O2. The number of rotatable bonds is 3. The summed E-state index contributed by atoms with van der Waals surface area (Å²) in [7, 11) is 0. The predicted octanol–water partition coefficient (Wildman–Crippen LogP) is 2.22. The highest BCUT2D eigenvalue weighted by molar-refractivity contribution is 5.93. The molecule has 3 heterocycles. The molecule has 1 fully saturated rings. The SMILES string of the molecule is N#Cc1cccnc1N1CCC(NC(=O)c2onc3c2CCCC3)CC1. The number of carbonyl (C=O) groups excluding carboxylic acids is 1. The highest BCUT2D eigenvalue weighted by atomic mass is 16.5. The molecule has 0 unspecified atom stereocenters. The number of aromatic nitrogens is 2. The van der Waals surface area contributed by atoms with E-state index >= 15 is 0 Å². The number of amides is 1. The van der Waals surface area contributed by atoms with Crippen LogP contribution in [-0.4, -0.2) is 35.2 Å². The van der Waals surface area contributed by atoms with Crippen molar-refractivity contribution in [3.8, 4) is 6.07 Å². The van der Waals surface area contributed by atoms with E-state index in [0.717, 1.165) is 68.7 Å². The third-order valence-electron chi connectivity index (χ3n) is 5.20. The van der Waals surface area contributed by atoms with Gasteiger partial charge in [-0.25, -0.2) is 4.98 Å². The van der Waals surface area contributed by atoms with E-state index in [2.05, 4.69) is 26.4 Å². The molecule has 1 saturated heterocycles. The van der Waals surface area contributed by atoms with Crippen LogP contribution in [0.25, 0.3) is 0 Å². The molecule has 1 N–H and O–H groups in total. The molecule has 2 aromatic rings. The second-order valence-electron chi connectivity index (χ2n) is 6.87. The van der Waals surface area contributed by atoms with E-state index in [1.165, 1.54) is 0 Å². The van der Waals surface area contributed by atoms with Gasteiger partial charge in [-0.1, -0.05) is 5.16 Å². The van der Waals surface area contributed by atoms with E-state index in [0.29, 0.717) is 11.3 Å². The summed E-state index contributed by atoms with van der Waals surface area (Å²) in [6, 6.07) is 5.84. The zero-order valence-corrected chi connectivity index (χ0v) is 14.6. The molecule has 0 radical (unpaired) electrons. The van der Waals surface area contributed by atoms with Crippen LogP contribution in [0.2, 0.25) is 0 Å². The minimum absolute atomic E-state index is 0.0948. The number of piperidine rings is 1. The number of nitrogens with one attached hydrogen (secondary N) is 1. The number of hydrogen-bond acceptors (Lipinski definition) is 6. The molecular weight excluding hydrogens is 330 g/mol. The highest BCUT2D eigenvalue weighted by Gasteiger charge is 2.28. The summed E-state index contributed by atoms with van der Waals surface area (Å²) in [6.45, 7) is 1.51. The molecule has 2 aliphatic rings. The number of nitriles is 1. The van der Waals surface area contributed by atoms with Crippen LogP contribution in [0.15, 0.2) is 22.9 Å². The van der Waals surface area contributed by atoms with Crippen molar-refractivity contribution in [2.75, 3.05) is 18.0 Å². The van der Waals surface area contributed by atoms with Gasteiger partial charge in [0.1, 0.15) is 11.9 Å². The molecule has 134 valence electrons. The summed E-state index contributed by atoms with van der Waals surface area (Å²) in [5.41, 5.74) is 2.51. The second-order valence-corrected chi connectivity index (χ2v) is 6.87. The van der Waals surface area contributed by atoms with E-state index in [1.54, 1.807) is 18.3 Å². The summed E-state index contributed by atoms with van der Waals surface area (Å²) in [5, 5.41) is 16.4. The van der Waals surface area contributed by atoms with Gasteiger partial charge in [-0.05, 0) is 50.7 Å². The van der Waals surface area contributed by atoms with Crippen LogP contribution in [0.4, 0.5) is 5.82 Å². The normalized spacial score (nSPS) is 17.4. The molecule has 1 amide bonds. The molecule has 0 atom stereocenters. The maximum atomic E-state index is 12.6. The van der Waals surface area contributed by atoms with E-state index in [-0.39, 0.29) is 11.9 Å². The minimum Gasteiger partial charge on any atom is -0.355 e. The smallest absolute Gasteiger partial charge is 0.290 e. The van der Waals surface area contributed by atoms with Crippen molar-refractivity contribution < 1.29 is 9.32 Å². The Kier molecular flexibility index (Phi) is 4.57. The Labute approximate surface area is 152 Å². The molecule has 0 aromatic carbocycles. The fraction of sp³-hybridized carbons (Fsp3) is 0.474. The lowest BCUT2D eigenvalue weighted by Crippen LogP contribution is -2.45. The van der Waals surface area contributed by atoms with Crippen molar-refractivity contribution in [2.24, 2.45) is 0 Å². The van der Waals surface area contributed by atoms with Gasteiger partial charge in [0.25, 0.3) is 5.91 Å². The number of carbonyl (C=O) groups is 1. The molecule has 26 heavy (non-hydrogen) atoms. The second kappa shape index (κ2) is 7.16. The van der Waals surface area contributed by atoms with Gasteiger partial charge in [-0.15, -0.1) is 0 Å². The zero-order chi connectivity index (χ0) is 17.9. The topological polar surface area (TPSA) is 95.1 Å². The maximum absolute atomic E-state index is 12.6. The molecule has 7 heteroatoms. The highest BCUT2D eigenvalue weighted by Crippen LogP contribution is 2.25.